The molecule has 9 heteroatoms. The van der Waals surface area contributed by atoms with E-state index in [0.717, 1.165) is 30.5 Å². The van der Waals surface area contributed by atoms with Gasteiger partial charge in [-0.1, -0.05) is 12.1 Å². The van der Waals surface area contributed by atoms with E-state index in [-0.39, 0.29) is 17.5 Å². The molecule has 0 bridgehead atoms. The van der Waals surface area contributed by atoms with Gasteiger partial charge in [-0.25, -0.2) is 4.72 Å². The molecule has 2 aromatic heterocycles. The highest BCUT2D eigenvalue weighted by atomic mass is 32.2. The van der Waals surface area contributed by atoms with Crippen LogP contribution in [0.4, 0.5) is 5.69 Å². The van der Waals surface area contributed by atoms with Crippen LogP contribution in [0, 0.1) is 20.8 Å². The lowest BCUT2D eigenvalue weighted by Gasteiger charge is -2.35. The number of carbonyl (C=O) groups excluding carboxylic acids is 1. The number of anilines is 1. The van der Waals surface area contributed by atoms with Gasteiger partial charge in [0.1, 0.15) is 11.9 Å². The number of benzene rings is 1. The normalized spacial score (nSPS) is 17.7. The Balaban J connectivity index is 1.76. The third kappa shape index (κ3) is 3.95. The van der Waals surface area contributed by atoms with Crippen LogP contribution in [-0.2, 0) is 11.4 Å². The zero-order chi connectivity index (χ0) is 22.3. The van der Waals surface area contributed by atoms with Gasteiger partial charge in [0.05, 0.1) is 34.3 Å². The minimum absolute atomic E-state index is 0.119. The van der Waals surface area contributed by atoms with E-state index in [2.05, 4.69) is 14.8 Å². The van der Waals surface area contributed by atoms with Gasteiger partial charge < -0.3 is 14.4 Å². The van der Waals surface area contributed by atoms with Crippen LogP contribution in [0.1, 0.15) is 58.2 Å². The van der Waals surface area contributed by atoms with E-state index in [1.165, 1.54) is 10.8 Å². The first kappa shape index (κ1) is 21.5. The van der Waals surface area contributed by atoms with Gasteiger partial charge in [-0.3, -0.25) is 9.59 Å². The van der Waals surface area contributed by atoms with Gasteiger partial charge in [0.2, 0.25) is 0 Å². The fraction of sp³-hybridized carbons (Fsp3) is 0.409. The first-order valence-corrected chi connectivity index (χ1v) is 11.9. The van der Waals surface area contributed by atoms with Crippen molar-refractivity contribution in [1.82, 2.24) is 19.5 Å². The minimum atomic E-state index is -1.29. The van der Waals surface area contributed by atoms with Crippen molar-refractivity contribution in [2.24, 2.45) is 0 Å². The fourth-order valence-corrected chi connectivity index (χ4v) is 4.71. The summed E-state index contributed by atoms with van der Waals surface area (Å²) in [6, 6.07) is 7.13. The fourth-order valence-electron chi connectivity index (χ4n) is 4.23. The summed E-state index contributed by atoms with van der Waals surface area (Å²) in [5.41, 5.74) is 4.52. The summed E-state index contributed by atoms with van der Waals surface area (Å²) in [6.45, 7) is 6.12. The van der Waals surface area contributed by atoms with Crippen LogP contribution < -0.4 is 10.3 Å². The number of piperidine rings is 1. The molecule has 0 radical (unpaired) electrons. The third-order valence-corrected chi connectivity index (χ3v) is 6.47. The predicted octanol–water partition coefficient (Wildman–Crippen LogP) is 3.02. The number of aryl methyl sites for hydroxylation is 2. The van der Waals surface area contributed by atoms with Gasteiger partial charge in [0, 0.05) is 23.9 Å². The number of nitrogens with one attached hydrogen (secondary N) is 2. The lowest BCUT2D eigenvalue weighted by Crippen LogP contribution is -2.39. The van der Waals surface area contributed by atoms with Crippen molar-refractivity contribution in [3.8, 4) is 0 Å². The topological polar surface area (TPSA) is 106 Å². The number of hydrogen-bond donors (Lipinski definition) is 2. The Morgan fingerprint density at radius 3 is 2.81 bits per heavy atom. The van der Waals surface area contributed by atoms with Crippen LogP contribution in [0.25, 0.3) is 5.65 Å². The number of aromatic amines is 1. The van der Waals surface area contributed by atoms with E-state index in [9.17, 15) is 14.1 Å². The molecular weight excluding hydrogens is 414 g/mol. The molecular formula is C22H27N5O3S. The SMILES string of the molecule is Cc1cccc(N[S+](C)[O-])c1C(=O)N1CCCC[C@H]1c1cc2[nH]c(C)c(C)c(=O)n2n1. The maximum absolute atomic E-state index is 13.7. The Morgan fingerprint density at radius 1 is 1.29 bits per heavy atom. The Bertz CT molecular complexity index is 1200. The summed E-state index contributed by atoms with van der Waals surface area (Å²) in [6.07, 6.45) is 4.20. The lowest BCUT2D eigenvalue weighted by molar-refractivity contribution is 0.0606. The summed E-state index contributed by atoms with van der Waals surface area (Å²) < 4.78 is 16.1. The van der Waals surface area contributed by atoms with Crippen molar-refractivity contribution in [3.63, 3.8) is 0 Å². The summed E-state index contributed by atoms with van der Waals surface area (Å²) >= 11 is -1.29. The number of H-pyrrole nitrogens is 1. The Labute approximate surface area is 184 Å². The molecule has 2 N–H and O–H groups in total. The molecule has 3 aromatic rings. The van der Waals surface area contributed by atoms with Crippen LogP contribution in [0.5, 0.6) is 0 Å². The zero-order valence-corrected chi connectivity index (χ0v) is 19.0. The van der Waals surface area contributed by atoms with Gasteiger partial charge >= 0.3 is 0 Å². The van der Waals surface area contributed by atoms with Crippen LogP contribution in [0.3, 0.4) is 0 Å². The molecule has 0 spiro atoms. The summed E-state index contributed by atoms with van der Waals surface area (Å²) in [5.74, 6) is -0.119. The predicted molar refractivity (Wildman–Crippen MR) is 122 cm³/mol. The lowest BCUT2D eigenvalue weighted by atomic mass is 9.96. The summed E-state index contributed by atoms with van der Waals surface area (Å²) in [7, 11) is 0. The van der Waals surface area contributed by atoms with Crippen molar-refractivity contribution in [2.75, 3.05) is 17.5 Å². The highest BCUT2D eigenvalue weighted by Gasteiger charge is 2.33. The van der Waals surface area contributed by atoms with Crippen LogP contribution in [0.2, 0.25) is 0 Å². The molecule has 8 nitrogen and oxygen atoms in total. The quantitative estimate of drug-likeness (QED) is 0.606. The summed E-state index contributed by atoms with van der Waals surface area (Å²) in [5, 5.41) is 4.57. The van der Waals surface area contributed by atoms with Crippen molar-refractivity contribution >= 4 is 28.6 Å². The molecule has 1 saturated heterocycles. The monoisotopic (exact) mass is 441 g/mol. The van der Waals surface area contributed by atoms with Gasteiger partial charge in [0.25, 0.3) is 11.5 Å². The maximum Gasteiger partial charge on any atom is 0.277 e. The van der Waals surface area contributed by atoms with Gasteiger partial charge in [-0.2, -0.15) is 9.61 Å². The minimum Gasteiger partial charge on any atom is -0.593 e. The number of aromatic nitrogens is 3. The molecule has 1 amide bonds. The van der Waals surface area contributed by atoms with Crippen molar-refractivity contribution in [1.29, 1.82) is 0 Å². The van der Waals surface area contributed by atoms with Crippen molar-refractivity contribution in [3.05, 3.63) is 62.7 Å². The van der Waals surface area contributed by atoms with Gasteiger partial charge in [0.15, 0.2) is 0 Å². The average Bonchev–Trinajstić information content (AvgIpc) is 3.15. The summed E-state index contributed by atoms with van der Waals surface area (Å²) in [4.78, 5) is 31.4. The second-order valence-corrected chi connectivity index (χ2v) is 9.22. The van der Waals surface area contributed by atoms with Crippen LogP contribution in [-0.4, -0.2) is 42.8 Å². The standard InChI is InChI=1S/C22H27N5O3S/c1-13-8-7-9-16(25-31(4)30)20(13)22(29)26-11-6-5-10-18(26)17-12-19-23-15(3)14(2)21(28)27(19)24-17/h7-9,12,18,23,25H,5-6,10-11H2,1-4H3/t18-,31?/m0/s1. The average molecular weight is 442 g/mol. The molecule has 1 aliphatic rings. The highest BCUT2D eigenvalue weighted by molar-refractivity contribution is 7.92. The number of amides is 1. The van der Waals surface area contributed by atoms with E-state index in [1.807, 2.05) is 36.9 Å². The van der Waals surface area contributed by atoms with Gasteiger partial charge in [-0.15, -0.1) is 0 Å². The molecule has 0 saturated carbocycles. The number of nitrogens with zero attached hydrogens (tertiary/aromatic N) is 3. The smallest absolute Gasteiger partial charge is 0.277 e. The van der Waals surface area contributed by atoms with E-state index < -0.39 is 11.4 Å². The number of fused-ring (bicyclic) bond motifs is 1. The Kier molecular flexibility index (Phi) is 5.81. The Hall–Kier alpha value is -2.78. The third-order valence-electron chi connectivity index (χ3n) is 5.96. The molecule has 31 heavy (non-hydrogen) atoms. The van der Waals surface area contributed by atoms with E-state index >= 15 is 0 Å². The molecule has 0 aliphatic carbocycles. The first-order valence-electron chi connectivity index (χ1n) is 10.4. The molecule has 1 aliphatic heterocycles. The zero-order valence-electron chi connectivity index (χ0n) is 18.2. The van der Waals surface area contributed by atoms with E-state index in [4.69, 9.17) is 0 Å². The Morgan fingerprint density at radius 2 is 2.06 bits per heavy atom. The molecule has 4 rings (SSSR count). The molecule has 1 unspecified atom stereocenters. The molecule has 1 fully saturated rings. The largest absolute Gasteiger partial charge is 0.593 e. The number of hydrogen-bond acceptors (Lipinski definition) is 5. The molecule has 164 valence electrons. The van der Waals surface area contributed by atoms with E-state index in [1.54, 1.807) is 13.0 Å². The van der Waals surface area contributed by atoms with E-state index in [0.29, 0.717) is 34.7 Å². The van der Waals surface area contributed by atoms with Crippen molar-refractivity contribution in [2.45, 2.75) is 46.1 Å². The van der Waals surface area contributed by atoms with Crippen LogP contribution in [0.15, 0.2) is 29.1 Å². The molecule has 2 atom stereocenters. The van der Waals surface area contributed by atoms with Crippen molar-refractivity contribution < 1.29 is 9.35 Å². The maximum atomic E-state index is 13.7. The second-order valence-electron chi connectivity index (χ2n) is 8.11. The van der Waals surface area contributed by atoms with Gasteiger partial charge in [-0.05, 0) is 51.7 Å². The number of rotatable bonds is 4. The first-order chi connectivity index (χ1) is 14.8. The molecule has 1 aromatic carbocycles. The number of carbonyl (C=O) groups is 1. The highest BCUT2D eigenvalue weighted by Crippen LogP contribution is 2.34. The number of likely N-dealkylation sites (tertiary alicyclic amines) is 1. The molecule has 3 heterocycles. The van der Waals surface area contributed by atoms with Crippen LogP contribution >= 0.6 is 0 Å². The second kappa shape index (κ2) is 8.39.